The van der Waals surface area contributed by atoms with Crippen molar-refractivity contribution in [1.82, 2.24) is 4.90 Å². The number of nitrogens with one attached hydrogen (secondary N) is 1. The lowest BCUT2D eigenvalue weighted by atomic mass is 10.2. The van der Waals surface area contributed by atoms with Crippen LogP contribution >= 0.6 is 23.4 Å². The molecule has 0 bridgehead atoms. The van der Waals surface area contributed by atoms with Gasteiger partial charge in [0.15, 0.2) is 5.17 Å². The van der Waals surface area contributed by atoms with Gasteiger partial charge in [-0.1, -0.05) is 42.4 Å². The first-order valence-electron chi connectivity index (χ1n) is 11.5. The van der Waals surface area contributed by atoms with Crippen molar-refractivity contribution in [2.45, 2.75) is 31.6 Å². The number of benzene rings is 3. The van der Waals surface area contributed by atoms with E-state index in [1.807, 2.05) is 6.92 Å². The number of hydrogen-bond acceptors (Lipinski definition) is 5. The van der Waals surface area contributed by atoms with E-state index in [-0.39, 0.29) is 30.6 Å². The van der Waals surface area contributed by atoms with Gasteiger partial charge >= 0.3 is 0 Å². The number of carbonyl (C=O) groups excluding carboxylic acids is 2. The van der Waals surface area contributed by atoms with Crippen LogP contribution in [0.1, 0.15) is 25.3 Å². The maximum atomic E-state index is 13.4. The molecule has 6 nitrogen and oxygen atoms in total. The predicted molar refractivity (Wildman–Crippen MR) is 142 cm³/mol. The molecule has 1 unspecified atom stereocenters. The molecule has 0 saturated carbocycles. The Morgan fingerprint density at radius 2 is 1.81 bits per heavy atom. The van der Waals surface area contributed by atoms with Crippen molar-refractivity contribution in [3.05, 3.63) is 89.2 Å². The summed E-state index contributed by atoms with van der Waals surface area (Å²) in [4.78, 5) is 32.4. The number of nitrogens with zero attached hydrogens (tertiary/aromatic N) is 2. The van der Waals surface area contributed by atoms with E-state index < -0.39 is 5.25 Å². The first kappa shape index (κ1) is 25.7. The molecule has 1 aliphatic heterocycles. The summed E-state index contributed by atoms with van der Waals surface area (Å²) in [5, 5.41) is 3.17. The zero-order valence-corrected chi connectivity index (χ0v) is 21.2. The molecule has 36 heavy (non-hydrogen) atoms. The third kappa shape index (κ3) is 6.86. The fourth-order valence-corrected chi connectivity index (χ4v) is 4.70. The molecule has 4 rings (SSSR count). The third-order valence-corrected chi connectivity index (χ3v) is 6.77. The summed E-state index contributed by atoms with van der Waals surface area (Å²) in [5.74, 6) is -0.157. The van der Waals surface area contributed by atoms with Crippen LogP contribution in [-0.2, 0) is 16.1 Å². The van der Waals surface area contributed by atoms with Crippen LogP contribution in [0.5, 0.6) is 5.75 Å². The van der Waals surface area contributed by atoms with Crippen molar-refractivity contribution in [3.63, 3.8) is 0 Å². The number of amidine groups is 1. The van der Waals surface area contributed by atoms with Gasteiger partial charge in [0.1, 0.15) is 16.8 Å². The molecule has 2 amide bonds. The monoisotopic (exact) mass is 525 g/mol. The minimum atomic E-state index is -0.663. The van der Waals surface area contributed by atoms with E-state index >= 15 is 0 Å². The van der Waals surface area contributed by atoms with Gasteiger partial charge in [0.2, 0.25) is 11.8 Å². The normalized spacial score (nSPS) is 16.8. The third-order valence-electron chi connectivity index (χ3n) is 5.33. The molecular formula is C27H25ClFN3O3S. The maximum Gasteiger partial charge on any atom is 0.238 e. The summed E-state index contributed by atoms with van der Waals surface area (Å²) in [6.45, 7) is 2.87. The quantitative estimate of drug-likeness (QED) is 0.368. The van der Waals surface area contributed by atoms with Crippen molar-refractivity contribution in [1.29, 1.82) is 0 Å². The highest BCUT2D eigenvalue weighted by Gasteiger charge is 2.36. The van der Waals surface area contributed by atoms with E-state index in [1.54, 1.807) is 60.7 Å². The van der Waals surface area contributed by atoms with Crippen LogP contribution in [0.25, 0.3) is 0 Å². The van der Waals surface area contributed by atoms with E-state index in [2.05, 4.69) is 10.3 Å². The SMILES string of the molecule is CCCOc1ccc(NC(=O)C2CC(=O)N(Cc3ccc(F)cc3)C(=Nc3ccc(Cl)cc3)S2)cc1. The molecule has 1 fully saturated rings. The van der Waals surface area contributed by atoms with Crippen LogP contribution in [0.2, 0.25) is 5.02 Å². The number of hydrogen-bond donors (Lipinski definition) is 1. The van der Waals surface area contributed by atoms with Crippen LogP contribution < -0.4 is 10.1 Å². The van der Waals surface area contributed by atoms with E-state index in [4.69, 9.17) is 16.3 Å². The predicted octanol–water partition coefficient (Wildman–Crippen LogP) is 6.43. The molecule has 1 N–H and O–H groups in total. The van der Waals surface area contributed by atoms with Gasteiger partial charge in [-0.15, -0.1) is 0 Å². The van der Waals surface area contributed by atoms with Crippen molar-refractivity contribution in [2.75, 3.05) is 11.9 Å². The Bertz CT molecular complexity index is 1230. The molecule has 1 atom stereocenters. The molecule has 0 spiro atoms. The second kappa shape index (κ2) is 12.1. The van der Waals surface area contributed by atoms with E-state index in [9.17, 15) is 14.0 Å². The number of carbonyl (C=O) groups is 2. The average molecular weight is 526 g/mol. The topological polar surface area (TPSA) is 71.0 Å². The van der Waals surface area contributed by atoms with E-state index in [1.165, 1.54) is 28.8 Å². The highest BCUT2D eigenvalue weighted by Crippen LogP contribution is 2.31. The standard InChI is InChI=1S/C27H25ClFN3O3S/c1-2-15-35-23-13-11-21(12-14-23)30-26(34)24-16-25(33)32(17-18-3-7-20(29)8-4-18)27(36-24)31-22-9-5-19(28)6-10-22/h3-14,24H,2,15-17H2,1H3,(H,30,34). The van der Waals surface area contributed by atoms with Gasteiger partial charge in [0.05, 0.1) is 18.8 Å². The van der Waals surface area contributed by atoms with Gasteiger partial charge in [0.25, 0.3) is 0 Å². The molecule has 186 valence electrons. The first-order chi connectivity index (χ1) is 17.4. The number of rotatable bonds is 8. The highest BCUT2D eigenvalue weighted by atomic mass is 35.5. The van der Waals surface area contributed by atoms with Crippen molar-refractivity contribution >= 4 is 51.7 Å². The fourth-order valence-electron chi connectivity index (χ4n) is 3.47. The van der Waals surface area contributed by atoms with E-state index in [0.29, 0.717) is 28.2 Å². The minimum Gasteiger partial charge on any atom is -0.494 e. The molecule has 0 aliphatic carbocycles. The largest absolute Gasteiger partial charge is 0.494 e. The Morgan fingerprint density at radius 3 is 2.47 bits per heavy atom. The van der Waals surface area contributed by atoms with Gasteiger partial charge < -0.3 is 10.1 Å². The van der Waals surface area contributed by atoms with Crippen LogP contribution in [0.15, 0.2) is 77.8 Å². The molecule has 3 aromatic carbocycles. The summed E-state index contributed by atoms with van der Waals surface area (Å²) in [6.07, 6.45) is 0.915. The lowest BCUT2D eigenvalue weighted by Crippen LogP contribution is -2.44. The van der Waals surface area contributed by atoms with Crippen molar-refractivity contribution in [3.8, 4) is 5.75 Å². The minimum absolute atomic E-state index is 0.00896. The zero-order valence-electron chi connectivity index (χ0n) is 19.6. The molecular weight excluding hydrogens is 501 g/mol. The van der Waals surface area contributed by atoms with Gasteiger partial charge in [0, 0.05) is 17.1 Å². The first-order valence-corrected chi connectivity index (χ1v) is 12.8. The number of anilines is 1. The lowest BCUT2D eigenvalue weighted by Gasteiger charge is -2.32. The average Bonchev–Trinajstić information content (AvgIpc) is 2.88. The molecule has 9 heteroatoms. The van der Waals surface area contributed by atoms with Crippen LogP contribution in [0, 0.1) is 5.82 Å². The van der Waals surface area contributed by atoms with Crippen molar-refractivity contribution in [2.24, 2.45) is 4.99 Å². The summed E-state index contributed by atoms with van der Waals surface area (Å²) in [7, 11) is 0. The Kier molecular flexibility index (Phi) is 8.61. The molecule has 1 saturated heterocycles. The molecule has 1 heterocycles. The number of amides is 2. The fraction of sp³-hybridized carbons (Fsp3) is 0.222. The summed E-state index contributed by atoms with van der Waals surface area (Å²) >= 11 is 7.21. The number of halogens is 2. The van der Waals surface area contributed by atoms with Crippen LogP contribution in [0.4, 0.5) is 15.8 Å². The summed E-state index contributed by atoms with van der Waals surface area (Å²) in [5.41, 5.74) is 1.96. The second-order valence-corrected chi connectivity index (χ2v) is 9.76. The smallest absolute Gasteiger partial charge is 0.238 e. The van der Waals surface area contributed by atoms with E-state index in [0.717, 1.165) is 17.7 Å². The zero-order chi connectivity index (χ0) is 25.5. The van der Waals surface area contributed by atoms with Crippen LogP contribution in [-0.4, -0.2) is 33.7 Å². The van der Waals surface area contributed by atoms with Gasteiger partial charge in [-0.3, -0.25) is 14.5 Å². The maximum absolute atomic E-state index is 13.4. The summed E-state index contributed by atoms with van der Waals surface area (Å²) in [6, 6.07) is 20.0. The Morgan fingerprint density at radius 1 is 1.11 bits per heavy atom. The lowest BCUT2D eigenvalue weighted by molar-refractivity contribution is -0.129. The number of ether oxygens (including phenoxy) is 1. The number of aliphatic imine (C=N–C) groups is 1. The van der Waals surface area contributed by atoms with Gasteiger partial charge in [-0.05, 0) is 72.6 Å². The summed E-state index contributed by atoms with van der Waals surface area (Å²) < 4.78 is 18.9. The van der Waals surface area contributed by atoms with Gasteiger partial charge in [-0.2, -0.15) is 0 Å². The van der Waals surface area contributed by atoms with Gasteiger partial charge in [-0.25, -0.2) is 9.38 Å². The van der Waals surface area contributed by atoms with Crippen LogP contribution in [0.3, 0.4) is 0 Å². The Labute approximate surface area is 218 Å². The molecule has 3 aromatic rings. The number of thioether (sulfide) groups is 1. The highest BCUT2D eigenvalue weighted by molar-refractivity contribution is 8.15. The molecule has 0 radical (unpaired) electrons. The molecule has 0 aromatic heterocycles. The Hall–Kier alpha value is -3.36. The molecule has 1 aliphatic rings. The second-order valence-electron chi connectivity index (χ2n) is 8.15. The van der Waals surface area contributed by atoms with Crippen molar-refractivity contribution < 1.29 is 18.7 Å². The Balaban J connectivity index is 1.52.